The molecule has 0 saturated carbocycles. The van der Waals surface area contributed by atoms with Crippen LogP contribution in [-0.2, 0) is 15.8 Å². The number of rotatable bonds is 23. The number of benzene rings is 1. The zero-order valence-electron chi connectivity index (χ0n) is 22.2. The van der Waals surface area contributed by atoms with Gasteiger partial charge in [0.15, 0.2) is 11.5 Å². The van der Waals surface area contributed by atoms with E-state index in [4.69, 9.17) is 15.2 Å². The molecule has 3 N–H and O–H groups in total. The van der Waals surface area contributed by atoms with Crippen molar-refractivity contribution in [3.05, 3.63) is 35.9 Å². The molecule has 0 fully saturated rings. The van der Waals surface area contributed by atoms with Crippen LogP contribution in [0.3, 0.4) is 0 Å². The van der Waals surface area contributed by atoms with Gasteiger partial charge in [0.05, 0.1) is 12.9 Å². The van der Waals surface area contributed by atoms with Gasteiger partial charge >= 0.3 is 0 Å². The quantitative estimate of drug-likeness (QED) is 0.130. The minimum atomic E-state index is -3.38. The first-order chi connectivity index (χ1) is 17.0. The number of unbranched alkanes of at least 4 members (excludes halogenated alkanes) is 12. The molecule has 0 bridgehead atoms. The van der Waals surface area contributed by atoms with E-state index in [0.717, 1.165) is 19.3 Å². The largest absolute Gasteiger partial charge is 0.493 e. The van der Waals surface area contributed by atoms with E-state index in [1.54, 1.807) is 18.2 Å². The second-order valence-electron chi connectivity index (χ2n) is 9.21. The highest BCUT2D eigenvalue weighted by Gasteiger charge is 2.13. The Morgan fingerprint density at radius 2 is 1.46 bits per heavy atom. The highest BCUT2D eigenvalue weighted by molar-refractivity contribution is 7.88. The van der Waals surface area contributed by atoms with E-state index < -0.39 is 10.0 Å². The molecule has 0 atom stereocenters. The lowest BCUT2D eigenvalue weighted by molar-refractivity contribution is 0.302. The summed E-state index contributed by atoms with van der Waals surface area (Å²) in [7, 11) is -1.85. The zero-order valence-corrected chi connectivity index (χ0v) is 23.0. The molecule has 0 amide bonds. The number of allylic oxidation sites excluding steroid dienone is 2. The Morgan fingerprint density at radius 3 is 2.06 bits per heavy atom. The molecule has 0 heterocycles. The minimum absolute atomic E-state index is 0.0765. The third-order valence-electron chi connectivity index (χ3n) is 5.97. The summed E-state index contributed by atoms with van der Waals surface area (Å²) in [4.78, 5) is 0. The first-order valence-electron chi connectivity index (χ1n) is 13.6. The molecule has 0 aromatic heterocycles. The van der Waals surface area contributed by atoms with Gasteiger partial charge in [0.1, 0.15) is 6.61 Å². The molecule has 202 valence electrons. The van der Waals surface area contributed by atoms with Crippen molar-refractivity contribution in [2.45, 2.75) is 103 Å². The smallest absolute Gasteiger partial charge is 0.215 e. The van der Waals surface area contributed by atoms with Crippen LogP contribution in [-0.4, -0.2) is 35.2 Å². The Labute approximate surface area is 215 Å². The van der Waals surface area contributed by atoms with Crippen molar-refractivity contribution >= 4 is 10.0 Å². The molecule has 1 rings (SSSR count). The van der Waals surface area contributed by atoms with E-state index in [-0.39, 0.29) is 5.75 Å². The second-order valence-corrected chi connectivity index (χ2v) is 11.0. The normalized spacial score (nSPS) is 11.9. The van der Waals surface area contributed by atoms with Gasteiger partial charge in [0, 0.05) is 13.1 Å². The van der Waals surface area contributed by atoms with Gasteiger partial charge in [-0.1, -0.05) is 82.9 Å². The van der Waals surface area contributed by atoms with Gasteiger partial charge in [-0.15, -0.1) is 0 Å². The number of methoxy groups -OCH3 is 1. The molecule has 0 aliphatic carbocycles. The Balaban J connectivity index is 2.07. The molecule has 0 radical (unpaired) electrons. The summed E-state index contributed by atoms with van der Waals surface area (Å²) >= 11 is 0. The molecule has 1 aromatic rings. The Morgan fingerprint density at radius 1 is 0.857 bits per heavy atom. The standard InChI is InChI=1S/C28H50N2O4S/c1-3-4-5-6-7-8-9-10-11-12-13-14-15-16-17-18-22-30-35(31,32)25-26-19-20-27(34-23-21-29)28(24-26)33-2/h10-11,19-20,24,30H,3-9,12-18,21-23,25,29H2,1-2H3/b11-10-. The van der Waals surface area contributed by atoms with E-state index in [0.29, 0.717) is 36.8 Å². The van der Waals surface area contributed by atoms with Gasteiger partial charge < -0.3 is 15.2 Å². The summed E-state index contributed by atoms with van der Waals surface area (Å²) in [5.74, 6) is 1.00. The van der Waals surface area contributed by atoms with Crippen molar-refractivity contribution in [2.75, 3.05) is 26.8 Å². The average molecular weight is 511 g/mol. The van der Waals surface area contributed by atoms with Gasteiger partial charge in [-0.3, -0.25) is 0 Å². The Bertz CT molecular complexity index is 781. The maximum atomic E-state index is 12.4. The van der Waals surface area contributed by atoms with Crippen molar-refractivity contribution in [1.82, 2.24) is 4.72 Å². The first-order valence-corrected chi connectivity index (χ1v) is 15.3. The van der Waals surface area contributed by atoms with Crippen LogP contribution >= 0.6 is 0 Å². The van der Waals surface area contributed by atoms with Crippen LogP contribution in [0.1, 0.15) is 102 Å². The van der Waals surface area contributed by atoms with Crippen LogP contribution in [0.15, 0.2) is 30.4 Å². The first kappa shape index (κ1) is 31.5. The summed E-state index contributed by atoms with van der Waals surface area (Å²) in [5, 5.41) is 0. The topological polar surface area (TPSA) is 90.7 Å². The third-order valence-corrected chi connectivity index (χ3v) is 7.33. The predicted octanol–water partition coefficient (Wildman–Crippen LogP) is 6.49. The molecule has 1 aromatic carbocycles. The number of ether oxygens (including phenoxy) is 2. The molecule has 0 saturated heterocycles. The summed E-state index contributed by atoms with van der Waals surface area (Å²) in [6, 6.07) is 5.18. The van der Waals surface area contributed by atoms with Crippen LogP contribution < -0.4 is 19.9 Å². The molecule has 0 aliphatic heterocycles. The minimum Gasteiger partial charge on any atom is -0.493 e. The van der Waals surface area contributed by atoms with E-state index in [9.17, 15) is 8.42 Å². The monoisotopic (exact) mass is 510 g/mol. The third kappa shape index (κ3) is 16.7. The van der Waals surface area contributed by atoms with Crippen LogP contribution in [0.4, 0.5) is 0 Å². The van der Waals surface area contributed by atoms with Crippen molar-refractivity contribution in [3.63, 3.8) is 0 Å². The lowest BCUT2D eigenvalue weighted by atomic mass is 10.1. The fourth-order valence-corrected chi connectivity index (χ4v) is 5.14. The van der Waals surface area contributed by atoms with Gasteiger partial charge in [-0.25, -0.2) is 13.1 Å². The number of nitrogens with two attached hydrogens (primary N) is 1. The van der Waals surface area contributed by atoms with E-state index in [1.165, 1.54) is 77.7 Å². The molecule has 7 heteroatoms. The summed E-state index contributed by atoms with van der Waals surface area (Å²) in [6.45, 7) is 3.53. The highest BCUT2D eigenvalue weighted by atomic mass is 32.2. The Hall–Kier alpha value is -1.57. The Kier molecular flexibility index (Phi) is 18.5. The fourth-order valence-electron chi connectivity index (χ4n) is 3.96. The predicted molar refractivity (Wildman–Crippen MR) is 148 cm³/mol. The van der Waals surface area contributed by atoms with E-state index >= 15 is 0 Å². The number of nitrogens with one attached hydrogen (secondary N) is 1. The molecule has 0 aliphatic rings. The van der Waals surface area contributed by atoms with Gasteiger partial charge in [-0.05, 0) is 49.8 Å². The van der Waals surface area contributed by atoms with E-state index in [2.05, 4.69) is 23.8 Å². The lowest BCUT2D eigenvalue weighted by Gasteiger charge is -2.12. The lowest BCUT2D eigenvalue weighted by Crippen LogP contribution is -2.26. The number of hydrogen-bond donors (Lipinski definition) is 2. The van der Waals surface area contributed by atoms with Crippen molar-refractivity contribution in [3.8, 4) is 11.5 Å². The SMILES string of the molecule is CCCCCCCC/C=C\CCCCCCCCNS(=O)(=O)Cc1ccc(OCCN)c(OC)c1. The summed E-state index contributed by atoms with van der Waals surface area (Å²) in [6.07, 6.45) is 22.1. The maximum absolute atomic E-state index is 12.4. The van der Waals surface area contributed by atoms with Crippen LogP contribution in [0.5, 0.6) is 11.5 Å². The second kappa shape index (κ2) is 20.6. The van der Waals surface area contributed by atoms with Crippen molar-refractivity contribution in [1.29, 1.82) is 0 Å². The molecular formula is C28H50N2O4S. The van der Waals surface area contributed by atoms with Gasteiger partial charge in [-0.2, -0.15) is 0 Å². The fraction of sp³-hybridized carbons (Fsp3) is 0.714. The van der Waals surface area contributed by atoms with Gasteiger partial charge in [0.2, 0.25) is 10.0 Å². The average Bonchev–Trinajstić information content (AvgIpc) is 2.84. The summed E-state index contributed by atoms with van der Waals surface area (Å²) in [5.41, 5.74) is 6.12. The van der Waals surface area contributed by atoms with Crippen molar-refractivity contribution in [2.24, 2.45) is 5.73 Å². The van der Waals surface area contributed by atoms with Gasteiger partial charge in [0.25, 0.3) is 0 Å². The zero-order chi connectivity index (χ0) is 25.6. The maximum Gasteiger partial charge on any atom is 0.215 e. The number of hydrogen-bond acceptors (Lipinski definition) is 5. The van der Waals surface area contributed by atoms with Crippen LogP contribution in [0, 0.1) is 0 Å². The van der Waals surface area contributed by atoms with Crippen molar-refractivity contribution < 1.29 is 17.9 Å². The van der Waals surface area contributed by atoms with Crippen LogP contribution in [0.25, 0.3) is 0 Å². The molecule has 6 nitrogen and oxygen atoms in total. The molecular weight excluding hydrogens is 460 g/mol. The molecule has 0 spiro atoms. The van der Waals surface area contributed by atoms with E-state index in [1.807, 2.05) is 0 Å². The summed E-state index contributed by atoms with van der Waals surface area (Å²) < 4.78 is 38.4. The number of sulfonamides is 1. The highest BCUT2D eigenvalue weighted by Crippen LogP contribution is 2.28. The molecule has 35 heavy (non-hydrogen) atoms. The van der Waals surface area contributed by atoms with Crippen LogP contribution in [0.2, 0.25) is 0 Å². The molecule has 0 unspecified atom stereocenters.